The number of rotatable bonds is 5. The Morgan fingerprint density at radius 2 is 1.97 bits per heavy atom. The topological polar surface area (TPSA) is 113 Å². The molecule has 4 unspecified atom stereocenters. The zero-order valence-electron chi connectivity index (χ0n) is 15.7. The molecular weight excluding hydrogens is 389 g/mol. The van der Waals surface area contributed by atoms with E-state index in [0.717, 1.165) is 12.1 Å². The molecule has 0 aliphatic heterocycles. The largest absolute Gasteiger partial charge is 0.418 e. The maximum absolute atomic E-state index is 12.6. The van der Waals surface area contributed by atoms with Crippen LogP contribution in [0, 0.1) is 5.92 Å². The van der Waals surface area contributed by atoms with E-state index < -0.39 is 18.2 Å². The molecule has 7 nitrogen and oxygen atoms in total. The summed E-state index contributed by atoms with van der Waals surface area (Å²) in [5.74, 6) is -0.346. The van der Waals surface area contributed by atoms with Gasteiger partial charge in [0.25, 0.3) is 5.91 Å². The molecule has 1 aliphatic carbocycles. The SMILES string of the molecule is CC1CC(O)CCC1n1cc(C(N)=O)c(Nc2ccc(C(O)C(F)(F)F)cc2)n1. The normalized spacial score (nSPS) is 23.6. The number of nitrogens with zero attached hydrogens (tertiary/aromatic N) is 2. The van der Waals surface area contributed by atoms with E-state index in [1.807, 2.05) is 6.92 Å². The second kappa shape index (κ2) is 8.03. The first-order chi connectivity index (χ1) is 13.6. The summed E-state index contributed by atoms with van der Waals surface area (Å²) >= 11 is 0. The number of carbonyl (C=O) groups is 1. The Morgan fingerprint density at radius 3 is 2.52 bits per heavy atom. The van der Waals surface area contributed by atoms with E-state index in [9.17, 15) is 28.2 Å². The summed E-state index contributed by atoms with van der Waals surface area (Å²) in [6, 6.07) is 5.00. The highest BCUT2D eigenvalue weighted by Crippen LogP contribution is 2.35. The molecule has 2 aromatic rings. The Kier molecular flexibility index (Phi) is 5.85. The first kappa shape index (κ1) is 21.1. The van der Waals surface area contributed by atoms with Crippen molar-refractivity contribution in [3.8, 4) is 0 Å². The van der Waals surface area contributed by atoms with E-state index in [4.69, 9.17) is 5.73 Å². The molecule has 0 saturated heterocycles. The van der Waals surface area contributed by atoms with Gasteiger partial charge in [-0.05, 0) is 42.9 Å². The molecule has 4 atom stereocenters. The molecule has 1 aromatic carbocycles. The summed E-state index contributed by atoms with van der Waals surface area (Å²) in [7, 11) is 0. The predicted octanol–water partition coefficient (Wildman–Crippen LogP) is 3.04. The fraction of sp³-hybridized carbons (Fsp3) is 0.474. The molecule has 0 radical (unpaired) electrons. The molecule has 1 heterocycles. The summed E-state index contributed by atoms with van der Waals surface area (Å²) < 4.78 is 39.5. The van der Waals surface area contributed by atoms with Crippen LogP contribution in [-0.4, -0.2) is 38.2 Å². The molecule has 1 amide bonds. The molecule has 10 heteroatoms. The number of nitrogens with two attached hydrogens (primary N) is 1. The number of alkyl halides is 3. The van der Waals surface area contributed by atoms with Crippen molar-refractivity contribution in [3.63, 3.8) is 0 Å². The number of aliphatic hydroxyl groups is 2. The standard InChI is InChI=1S/C19H23F3N4O3/c1-10-8-13(27)6-7-15(10)26-9-14(17(23)29)18(25-26)24-12-4-2-11(3-5-12)16(28)19(20,21)22/h2-5,9-10,13,15-16,27-28H,6-8H2,1H3,(H2,23,29)(H,24,25). The molecule has 0 bridgehead atoms. The van der Waals surface area contributed by atoms with Gasteiger partial charge in [0, 0.05) is 11.9 Å². The second-order valence-electron chi connectivity index (χ2n) is 7.44. The van der Waals surface area contributed by atoms with Gasteiger partial charge in [0.1, 0.15) is 5.56 Å². The minimum absolute atomic E-state index is 0.00337. The maximum atomic E-state index is 12.6. The van der Waals surface area contributed by atoms with Crippen molar-refractivity contribution in [3.05, 3.63) is 41.6 Å². The molecule has 1 fully saturated rings. The molecule has 1 aliphatic rings. The van der Waals surface area contributed by atoms with E-state index in [0.29, 0.717) is 24.9 Å². The van der Waals surface area contributed by atoms with Crippen molar-refractivity contribution in [2.45, 2.75) is 50.6 Å². The smallest absolute Gasteiger partial charge is 0.393 e. The van der Waals surface area contributed by atoms with Gasteiger partial charge in [-0.3, -0.25) is 9.48 Å². The van der Waals surface area contributed by atoms with Gasteiger partial charge in [-0.25, -0.2) is 0 Å². The molecule has 0 spiro atoms. The first-order valence-corrected chi connectivity index (χ1v) is 9.25. The molecule has 1 saturated carbocycles. The van der Waals surface area contributed by atoms with Crippen LogP contribution in [0.2, 0.25) is 0 Å². The first-order valence-electron chi connectivity index (χ1n) is 9.25. The lowest BCUT2D eigenvalue weighted by molar-refractivity contribution is -0.206. The van der Waals surface area contributed by atoms with E-state index >= 15 is 0 Å². The van der Waals surface area contributed by atoms with Crippen LogP contribution in [0.4, 0.5) is 24.7 Å². The third kappa shape index (κ3) is 4.70. The number of aliphatic hydroxyl groups excluding tert-OH is 2. The van der Waals surface area contributed by atoms with E-state index in [1.165, 1.54) is 12.1 Å². The van der Waals surface area contributed by atoms with Gasteiger partial charge in [0.15, 0.2) is 11.9 Å². The lowest BCUT2D eigenvalue weighted by atomic mass is 9.84. The maximum Gasteiger partial charge on any atom is 0.418 e. The number of hydrogen-bond donors (Lipinski definition) is 4. The number of hydrogen-bond acceptors (Lipinski definition) is 5. The van der Waals surface area contributed by atoms with Gasteiger partial charge in [0.2, 0.25) is 0 Å². The lowest BCUT2D eigenvalue weighted by Gasteiger charge is -2.31. The van der Waals surface area contributed by atoms with Crippen molar-refractivity contribution in [2.24, 2.45) is 11.7 Å². The number of amides is 1. The highest BCUT2D eigenvalue weighted by molar-refractivity contribution is 5.98. The predicted molar refractivity (Wildman–Crippen MR) is 99.5 cm³/mol. The van der Waals surface area contributed by atoms with Crippen LogP contribution >= 0.6 is 0 Å². The van der Waals surface area contributed by atoms with Gasteiger partial charge >= 0.3 is 6.18 Å². The number of carbonyl (C=O) groups excluding carboxylic acids is 1. The van der Waals surface area contributed by atoms with Crippen molar-refractivity contribution < 1.29 is 28.2 Å². The molecule has 3 rings (SSSR count). The van der Waals surface area contributed by atoms with Gasteiger partial charge < -0.3 is 21.3 Å². The van der Waals surface area contributed by atoms with Gasteiger partial charge in [-0.1, -0.05) is 19.1 Å². The second-order valence-corrected chi connectivity index (χ2v) is 7.44. The Hall–Kier alpha value is -2.59. The van der Waals surface area contributed by atoms with Gasteiger partial charge in [-0.15, -0.1) is 0 Å². The highest BCUT2D eigenvalue weighted by atomic mass is 19.4. The summed E-state index contributed by atoms with van der Waals surface area (Å²) in [6.45, 7) is 2.00. The number of aromatic nitrogens is 2. The molecule has 5 N–H and O–H groups in total. The number of halogens is 3. The van der Waals surface area contributed by atoms with Crippen molar-refractivity contribution in [1.29, 1.82) is 0 Å². The minimum atomic E-state index is -4.75. The molecule has 1 aromatic heterocycles. The number of nitrogens with one attached hydrogen (secondary N) is 1. The van der Waals surface area contributed by atoms with E-state index in [2.05, 4.69) is 10.4 Å². The van der Waals surface area contributed by atoms with Crippen LogP contribution in [0.5, 0.6) is 0 Å². The monoisotopic (exact) mass is 412 g/mol. The summed E-state index contributed by atoms with van der Waals surface area (Å²) in [6.07, 6.45) is -4.17. The summed E-state index contributed by atoms with van der Waals surface area (Å²) in [5.41, 5.74) is 5.70. The van der Waals surface area contributed by atoms with E-state index in [1.54, 1.807) is 10.9 Å². The Bertz CT molecular complexity index is 867. The van der Waals surface area contributed by atoms with Crippen LogP contribution < -0.4 is 11.1 Å². The highest BCUT2D eigenvalue weighted by Gasteiger charge is 2.39. The van der Waals surface area contributed by atoms with Gasteiger partial charge in [-0.2, -0.15) is 18.3 Å². The average molecular weight is 412 g/mol. The Labute approximate surface area is 165 Å². The van der Waals surface area contributed by atoms with Crippen molar-refractivity contribution >= 4 is 17.4 Å². The third-order valence-corrected chi connectivity index (χ3v) is 5.23. The quantitative estimate of drug-likeness (QED) is 0.603. The fourth-order valence-corrected chi connectivity index (χ4v) is 3.65. The minimum Gasteiger partial charge on any atom is -0.393 e. The van der Waals surface area contributed by atoms with Crippen LogP contribution in [0.15, 0.2) is 30.5 Å². The molecule has 29 heavy (non-hydrogen) atoms. The van der Waals surface area contributed by atoms with Gasteiger partial charge in [0.05, 0.1) is 12.1 Å². The van der Waals surface area contributed by atoms with Crippen LogP contribution in [0.3, 0.4) is 0 Å². The Morgan fingerprint density at radius 1 is 1.31 bits per heavy atom. The van der Waals surface area contributed by atoms with Crippen LogP contribution in [0.25, 0.3) is 0 Å². The Balaban J connectivity index is 1.82. The zero-order valence-corrected chi connectivity index (χ0v) is 15.7. The third-order valence-electron chi connectivity index (χ3n) is 5.23. The zero-order chi connectivity index (χ0) is 21.3. The van der Waals surface area contributed by atoms with Crippen LogP contribution in [-0.2, 0) is 0 Å². The van der Waals surface area contributed by atoms with E-state index in [-0.39, 0.29) is 35.0 Å². The summed E-state index contributed by atoms with van der Waals surface area (Å²) in [4.78, 5) is 11.8. The number of anilines is 2. The lowest BCUT2D eigenvalue weighted by Crippen LogP contribution is -2.28. The average Bonchev–Trinajstić information content (AvgIpc) is 3.04. The number of primary amides is 1. The molecule has 158 valence electrons. The summed E-state index contributed by atoms with van der Waals surface area (Å²) in [5, 5.41) is 26.4. The molecular formula is C19H23F3N4O3. The number of benzene rings is 1. The van der Waals surface area contributed by atoms with Crippen LogP contribution in [0.1, 0.15) is 54.3 Å². The van der Waals surface area contributed by atoms with Crippen molar-refractivity contribution in [2.75, 3.05) is 5.32 Å². The fourth-order valence-electron chi connectivity index (χ4n) is 3.65. The van der Waals surface area contributed by atoms with Crippen molar-refractivity contribution in [1.82, 2.24) is 9.78 Å².